The van der Waals surface area contributed by atoms with Crippen LogP contribution < -0.4 is 17.0 Å². The molecule has 9 nitrogen and oxygen atoms in total. The molecule has 2 aromatic heterocycles. The Morgan fingerprint density at radius 1 is 1.11 bits per heavy atom. The zero-order chi connectivity index (χ0) is 19.8. The third-order valence-electron chi connectivity index (χ3n) is 3.75. The molecule has 0 bridgehead atoms. The summed E-state index contributed by atoms with van der Waals surface area (Å²) in [6.45, 7) is 0.472. The lowest BCUT2D eigenvalue weighted by Crippen LogP contribution is -2.30. The van der Waals surface area contributed by atoms with Crippen LogP contribution in [0.25, 0.3) is 10.8 Å². The Balaban J connectivity index is 0.000000596. The van der Waals surface area contributed by atoms with Crippen molar-refractivity contribution in [2.45, 2.75) is 12.8 Å². The lowest BCUT2D eigenvalue weighted by Gasteiger charge is -2.07. The van der Waals surface area contributed by atoms with E-state index in [1.54, 1.807) is 6.20 Å². The molecule has 0 radical (unpaired) electrons. The fourth-order valence-corrected chi connectivity index (χ4v) is 2.56. The number of hydrogen-bond donors (Lipinski definition) is 5. The Kier molecular flexibility index (Phi) is 6.98. The molecule has 3 aromatic rings. The second-order valence-electron chi connectivity index (χ2n) is 5.56. The van der Waals surface area contributed by atoms with E-state index >= 15 is 0 Å². The molecule has 142 valence electrons. The molecule has 9 heteroatoms. The molecule has 0 aliphatic carbocycles. The lowest BCUT2D eigenvalue weighted by atomic mass is 10.0. The van der Waals surface area contributed by atoms with Crippen molar-refractivity contribution >= 4 is 16.7 Å². The average molecular weight is 372 g/mol. The van der Waals surface area contributed by atoms with E-state index in [1.165, 1.54) is 0 Å². The highest BCUT2D eigenvalue weighted by atomic mass is 16.4. The number of benzene rings is 1. The predicted molar refractivity (Wildman–Crippen MR) is 99.9 cm³/mol. The fraction of sp³-hybridized carbons (Fsp3) is 0.222. The first kappa shape index (κ1) is 20.0. The second-order valence-corrected chi connectivity index (χ2v) is 5.56. The minimum absolute atomic E-state index is 0.0341. The predicted octanol–water partition coefficient (Wildman–Crippen LogP) is 0.0322. The first-order valence-electron chi connectivity index (χ1n) is 8.20. The van der Waals surface area contributed by atoms with Gasteiger partial charge in [-0.15, -0.1) is 0 Å². The number of nitrogens with two attached hydrogens (primary N) is 1. The maximum absolute atomic E-state index is 11.9. The van der Waals surface area contributed by atoms with Crippen molar-refractivity contribution < 1.29 is 15.0 Å². The number of carboxylic acid groups (broad SMARTS) is 1. The van der Waals surface area contributed by atoms with E-state index in [-0.39, 0.29) is 24.3 Å². The van der Waals surface area contributed by atoms with Gasteiger partial charge in [0.05, 0.1) is 6.61 Å². The van der Waals surface area contributed by atoms with Crippen molar-refractivity contribution in [2.75, 3.05) is 13.2 Å². The van der Waals surface area contributed by atoms with Crippen LogP contribution in [0.4, 0.5) is 0 Å². The van der Waals surface area contributed by atoms with Gasteiger partial charge in [0.1, 0.15) is 5.69 Å². The highest BCUT2D eigenvalue weighted by Crippen LogP contribution is 2.17. The summed E-state index contributed by atoms with van der Waals surface area (Å²) in [5.74, 6) is -1.34. The molecule has 27 heavy (non-hydrogen) atoms. The summed E-state index contributed by atoms with van der Waals surface area (Å²) >= 11 is 0. The maximum Gasteiger partial charge on any atom is 0.352 e. The SMILES string of the molecule is NCCO.O=C(O)c1[nH]c(=O)[nH]c(=O)c1CCc1nccc2ccccc12. The Labute approximate surface area is 153 Å². The van der Waals surface area contributed by atoms with Crippen LogP contribution in [0, 0.1) is 0 Å². The van der Waals surface area contributed by atoms with Crippen molar-refractivity contribution in [1.29, 1.82) is 0 Å². The van der Waals surface area contributed by atoms with Crippen LogP contribution in [0.15, 0.2) is 46.1 Å². The normalized spacial score (nSPS) is 10.3. The number of hydrogen-bond acceptors (Lipinski definition) is 6. The largest absolute Gasteiger partial charge is 0.477 e. The fourth-order valence-electron chi connectivity index (χ4n) is 2.56. The van der Waals surface area contributed by atoms with Crippen LogP contribution in [0.2, 0.25) is 0 Å². The molecule has 0 unspecified atom stereocenters. The summed E-state index contributed by atoms with van der Waals surface area (Å²) in [6, 6.07) is 9.57. The number of aromatic amines is 2. The second kappa shape index (κ2) is 9.41. The summed E-state index contributed by atoms with van der Waals surface area (Å²) in [6.07, 6.45) is 2.22. The van der Waals surface area contributed by atoms with Gasteiger partial charge in [0, 0.05) is 29.4 Å². The van der Waals surface area contributed by atoms with E-state index in [9.17, 15) is 14.4 Å². The molecule has 1 aromatic carbocycles. The molecule has 0 aliphatic rings. The minimum Gasteiger partial charge on any atom is -0.477 e. The Morgan fingerprint density at radius 3 is 2.48 bits per heavy atom. The third-order valence-corrected chi connectivity index (χ3v) is 3.75. The number of fused-ring (bicyclic) bond motifs is 1. The number of nitrogens with one attached hydrogen (secondary N) is 2. The summed E-state index contributed by atoms with van der Waals surface area (Å²) in [7, 11) is 0. The van der Waals surface area contributed by atoms with Gasteiger partial charge in [0.15, 0.2) is 0 Å². The molecule has 2 heterocycles. The van der Waals surface area contributed by atoms with Crippen molar-refractivity contribution in [3.8, 4) is 0 Å². The van der Waals surface area contributed by atoms with Gasteiger partial charge in [0.25, 0.3) is 5.56 Å². The molecular formula is C18H20N4O5. The van der Waals surface area contributed by atoms with E-state index in [2.05, 4.69) is 15.0 Å². The molecule has 0 atom stereocenters. The van der Waals surface area contributed by atoms with Crippen molar-refractivity contribution in [3.63, 3.8) is 0 Å². The zero-order valence-electron chi connectivity index (χ0n) is 14.4. The van der Waals surface area contributed by atoms with Gasteiger partial charge in [0.2, 0.25) is 0 Å². The average Bonchev–Trinajstić information content (AvgIpc) is 2.67. The topological polar surface area (TPSA) is 162 Å². The number of rotatable bonds is 5. The van der Waals surface area contributed by atoms with E-state index in [4.69, 9.17) is 15.9 Å². The number of aromatic carboxylic acids is 1. The van der Waals surface area contributed by atoms with E-state index < -0.39 is 17.2 Å². The van der Waals surface area contributed by atoms with E-state index in [0.717, 1.165) is 16.5 Å². The number of H-pyrrole nitrogens is 2. The number of aliphatic hydroxyl groups is 1. The van der Waals surface area contributed by atoms with Gasteiger partial charge in [-0.05, 0) is 24.3 Å². The first-order chi connectivity index (χ1) is 13.0. The molecule has 3 rings (SSSR count). The van der Waals surface area contributed by atoms with Crippen LogP contribution in [0.1, 0.15) is 21.7 Å². The standard InChI is InChI=1S/C16H13N3O4.C2H7NO/c20-14-11(13(15(21)22)18-16(23)19-14)5-6-12-10-4-2-1-3-9(10)7-8-17-12;3-1-2-4/h1-4,7-8H,5-6H2,(H,21,22)(H2,18,19,20,23);4H,1-3H2. The number of nitrogens with zero attached hydrogens (tertiary/aromatic N) is 1. The molecule has 0 fully saturated rings. The quantitative estimate of drug-likeness (QED) is 0.422. The van der Waals surface area contributed by atoms with Gasteiger partial charge in [-0.2, -0.15) is 0 Å². The van der Waals surface area contributed by atoms with Gasteiger partial charge in [-0.25, -0.2) is 9.59 Å². The Hall–Kier alpha value is -3.30. The number of aryl methyl sites for hydroxylation is 1. The highest BCUT2D eigenvalue weighted by Gasteiger charge is 2.16. The summed E-state index contributed by atoms with van der Waals surface area (Å²) < 4.78 is 0. The summed E-state index contributed by atoms with van der Waals surface area (Å²) in [4.78, 5) is 42.9. The van der Waals surface area contributed by atoms with Gasteiger partial charge in [-0.1, -0.05) is 24.3 Å². The van der Waals surface area contributed by atoms with Crippen molar-refractivity contribution in [1.82, 2.24) is 15.0 Å². The van der Waals surface area contributed by atoms with Crippen LogP contribution in [0.3, 0.4) is 0 Å². The first-order valence-corrected chi connectivity index (χ1v) is 8.20. The van der Waals surface area contributed by atoms with Gasteiger partial charge < -0.3 is 20.9 Å². The lowest BCUT2D eigenvalue weighted by molar-refractivity contribution is 0.0688. The minimum atomic E-state index is -1.34. The van der Waals surface area contributed by atoms with Crippen LogP contribution in [-0.4, -0.2) is 44.3 Å². The van der Waals surface area contributed by atoms with Crippen molar-refractivity contribution in [3.05, 3.63) is 74.3 Å². The Morgan fingerprint density at radius 2 is 1.81 bits per heavy atom. The van der Waals surface area contributed by atoms with Crippen LogP contribution >= 0.6 is 0 Å². The van der Waals surface area contributed by atoms with E-state index in [0.29, 0.717) is 13.0 Å². The molecule has 0 spiro atoms. The summed E-state index contributed by atoms with van der Waals surface area (Å²) in [5.41, 5.74) is 3.68. The number of carboxylic acids is 1. The molecule has 6 N–H and O–H groups in total. The zero-order valence-corrected chi connectivity index (χ0v) is 14.4. The maximum atomic E-state index is 11.9. The number of pyridine rings is 1. The highest BCUT2D eigenvalue weighted by molar-refractivity contribution is 5.87. The van der Waals surface area contributed by atoms with Gasteiger partial charge in [-0.3, -0.25) is 14.8 Å². The molecular weight excluding hydrogens is 352 g/mol. The monoisotopic (exact) mass is 372 g/mol. The molecule has 0 amide bonds. The van der Waals surface area contributed by atoms with E-state index in [1.807, 2.05) is 30.3 Å². The third kappa shape index (κ3) is 5.09. The van der Waals surface area contributed by atoms with Crippen molar-refractivity contribution in [2.24, 2.45) is 5.73 Å². The molecule has 0 saturated carbocycles. The van der Waals surface area contributed by atoms with Crippen LogP contribution in [-0.2, 0) is 12.8 Å². The molecule has 0 saturated heterocycles. The van der Waals surface area contributed by atoms with Crippen LogP contribution in [0.5, 0.6) is 0 Å². The smallest absolute Gasteiger partial charge is 0.352 e. The summed E-state index contributed by atoms with van der Waals surface area (Å²) in [5, 5.41) is 18.9. The molecule has 0 aliphatic heterocycles. The van der Waals surface area contributed by atoms with Gasteiger partial charge >= 0.3 is 11.7 Å². The number of carbonyl (C=O) groups is 1. The number of aliphatic hydroxyl groups excluding tert-OH is 1. The number of aromatic nitrogens is 3. The Bertz CT molecular complexity index is 1030.